The molecule has 0 amide bonds. The fraction of sp³-hybridized carbons (Fsp3) is 0.957. The summed E-state index contributed by atoms with van der Waals surface area (Å²) >= 11 is 0. The first kappa shape index (κ1) is 18.9. The van der Waals surface area contributed by atoms with Gasteiger partial charge in [0.05, 0.1) is 12.2 Å². The zero-order chi connectivity index (χ0) is 18.6. The minimum atomic E-state index is -0.612. The van der Waals surface area contributed by atoms with Gasteiger partial charge in [-0.1, -0.05) is 13.8 Å². The topological polar surface area (TPSA) is 46.5 Å². The summed E-state index contributed by atoms with van der Waals surface area (Å²) in [5.41, 5.74) is -0.236. The van der Waals surface area contributed by atoms with Crippen LogP contribution in [0.1, 0.15) is 85.0 Å². The Balaban J connectivity index is 1.58. The first-order chi connectivity index (χ1) is 12.4. The Hall–Kier alpha value is -0.410. The van der Waals surface area contributed by atoms with Gasteiger partial charge in [0.25, 0.3) is 0 Å². The molecule has 1 N–H and O–H groups in total. The largest absolute Gasteiger partial charge is 0.387 e. The molecule has 0 aromatic heterocycles. The van der Waals surface area contributed by atoms with Gasteiger partial charge in [-0.05, 0) is 93.8 Å². The van der Waals surface area contributed by atoms with E-state index >= 15 is 0 Å². The van der Waals surface area contributed by atoms with Crippen LogP contribution in [0.2, 0.25) is 0 Å². The van der Waals surface area contributed by atoms with E-state index in [0.717, 1.165) is 50.4 Å². The van der Waals surface area contributed by atoms with E-state index in [0.29, 0.717) is 36.2 Å². The summed E-state index contributed by atoms with van der Waals surface area (Å²) < 4.78 is 5.62. The SMILES string of the molecule is CCOC[C@@]1(O)CC[C@@]2(CC)[C@H](CC[C@@H]3[C@@H]2CC[C@]2(C)C(=O)CC[C@@H]32)C1. The highest BCUT2D eigenvalue weighted by Gasteiger charge is 2.62. The normalized spacial score (nSPS) is 50.8. The lowest BCUT2D eigenvalue weighted by molar-refractivity contribution is -0.172. The van der Waals surface area contributed by atoms with Gasteiger partial charge in [0.2, 0.25) is 0 Å². The van der Waals surface area contributed by atoms with Crippen LogP contribution in [-0.2, 0) is 9.53 Å². The van der Waals surface area contributed by atoms with Gasteiger partial charge in [0, 0.05) is 18.4 Å². The van der Waals surface area contributed by atoms with E-state index in [4.69, 9.17) is 4.74 Å². The molecule has 4 aliphatic carbocycles. The summed E-state index contributed by atoms with van der Waals surface area (Å²) in [6.07, 6.45) is 11.0. The van der Waals surface area contributed by atoms with Crippen LogP contribution >= 0.6 is 0 Å². The minimum absolute atomic E-state index is 0.0205. The van der Waals surface area contributed by atoms with Gasteiger partial charge < -0.3 is 9.84 Å². The summed E-state index contributed by atoms with van der Waals surface area (Å²) in [6, 6.07) is 0. The van der Waals surface area contributed by atoms with Crippen molar-refractivity contribution in [2.45, 2.75) is 90.6 Å². The lowest BCUT2D eigenvalue weighted by atomic mass is 9.43. The minimum Gasteiger partial charge on any atom is -0.387 e. The van der Waals surface area contributed by atoms with Crippen molar-refractivity contribution in [2.75, 3.05) is 13.2 Å². The molecule has 0 aromatic carbocycles. The third-order valence-electron chi connectivity index (χ3n) is 9.46. The molecule has 0 unspecified atom stereocenters. The number of hydrogen-bond donors (Lipinski definition) is 1. The Kier molecular flexibility index (Phi) is 4.79. The van der Waals surface area contributed by atoms with Crippen LogP contribution in [0.3, 0.4) is 0 Å². The highest BCUT2D eigenvalue weighted by atomic mass is 16.5. The molecule has 26 heavy (non-hydrogen) atoms. The van der Waals surface area contributed by atoms with Gasteiger partial charge >= 0.3 is 0 Å². The average molecular weight is 363 g/mol. The van der Waals surface area contributed by atoms with E-state index in [1.54, 1.807) is 0 Å². The molecule has 0 heterocycles. The van der Waals surface area contributed by atoms with Gasteiger partial charge in [-0.3, -0.25) is 4.79 Å². The molecule has 3 nitrogen and oxygen atoms in total. The summed E-state index contributed by atoms with van der Waals surface area (Å²) in [7, 11) is 0. The predicted octanol–water partition coefficient (Wildman–Crippen LogP) is 4.76. The Labute approximate surface area is 159 Å². The Morgan fingerprint density at radius 1 is 1.08 bits per heavy atom. The van der Waals surface area contributed by atoms with E-state index in [9.17, 15) is 9.90 Å². The number of carbonyl (C=O) groups excluding carboxylic acids is 1. The number of ether oxygens (including phenoxy) is 1. The molecular formula is C23H38O3. The van der Waals surface area contributed by atoms with Gasteiger partial charge in [0.1, 0.15) is 5.78 Å². The van der Waals surface area contributed by atoms with Crippen molar-refractivity contribution in [3.05, 3.63) is 0 Å². The van der Waals surface area contributed by atoms with E-state index in [-0.39, 0.29) is 5.41 Å². The number of hydrogen-bond acceptors (Lipinski definition) is 3. The quantitative estimate of drug-likeness (QED) is 0.784. The Bertz CT molecular complexity index is 560. The van der Waals surface area contributed by atoms with Gasteiger partial charge in [-0.15, -0.1) is 0 Å². The second kappa shape index (κ2) is 6.58. The smallest absolute Gasteiger partial charge is 0.139 e. The second-order valence-electron chi connectivity index (χ2n) is 10.2. The predicted molar refractivity (Wildman–Crippen MR) is 103 cm³/mol. The van der Waals surface area contributed by atoms with Crippen molar-refractivity contribution < 1.29 is 14.6 Å². The van der Waals surface area contributed by atoms with Crippen molar-refractivity contribution in [3.8, 4) is 0 Å². The maximum Gasteiger partial charge on any atom is 0.139 e. The first-order valence-electron chi connectivity index (χ1n) is 11.2. The van der Waals surface area contributed by atoms with Crippen LogP contribution in [0.25, 0.3) is 0 Å². The van der Waals surface area contributed by atoms with Crippen LogP contribution in [0, 0.1) is 34.5 Å². The molecule has 0 spiro atoms. The highest BCUT2D eigenvalue weighted by molar-refractivity contribution is 5.87. The Morgan fingerprint density at radius 3 is 2.62 bits per heavy atom. The molecule has 7 atom stereocenters. The van der Waals surface area contributed by atoms with Crippen LogP contribution in [0.5, 0.6) is 0 Å². The van der Waals surface area contributed by atoms with E-state index in [1.807, 2.05) is 6.92 Å². The molecule has 0 aromatic rings. The number of Topliss-reactive ketones (excluding diaryl/α,β-unsaturated/α-hetero) is 1. The maximum absolute atomic E-state index is 12.6. The van der Waals surface area contributed by atoms with Crippen molar-refractivity contribution in [3.63, 3.8) is 0 Å². The van der Waals surface area contributed by atoms with Gasteiger partial charge in [-0.25, -0.2) is 0 Å². The first-order valence-corrected chi connectivity index (χ1v) is 11.2. The molecular weight excluding hydrogens is 324 g/mol. The van der Waals surface area contributed by atoms with Crippen LogP contribution in [0.15, 0.2) is 0 Å². The van der Waals surface area contributed by atoms with E-state index in [1.165, 1.54) is 25.7 Å². The van der Waals surface area contributed by atoms with E-state index < -0.39 is 5.60 Å². The molecule has 4 rings (SSSR count). The highest BCUT2D eigenvalue weighted by Crippen LogP contribution is 2.67. The summed E-state index contributed by atoms with van der Waals surface area (Å²) in [4.78, 5) is 12.6. The molecule has 0 bridgehead atoms. The molecule has 4 saturated carbocycles. The molecule has 3 heteroatoms. The van der Waals surface area contributed by atoms with Crippen LogP contribution in [-0.4, -0.2) is 29.7 Å². The summed E-state index contributed by atoms with van der Waals surface area (Å²) in [5, 5.41) is 11.1. The lowest BCUT2D eigenvalue weighted by Gasteiger charge is -2.62. The third kappa shape index (κ3) is 2.64. The van der Waals surface area contributed by atoms with Crippen LogP contribution < -0.4 is 0 Å². The van der Waals surface area contributed by atoms with Crippen molar-refractivity contribution in [1.29, 1.82) is 0 Å². The van der Waals surface area contributed by atoms with Gasteiger partial charge in [0.15, 0.2) is 0 Å². The number of ketones is 1. The average Bonchev–Trinajstić information content (AvgIpc) is 2.95. The summed E-state index contributed by atoms with van der Waals surface area (Å²) in [6.45, 7) is 7.86. The molecule has 0 saturated heterocycles. The number of carbonyl (C=O) groups is 1. The van der Waals surface area contributed by atoms with Gasteiger partial charge in [-0.2, -0.15) is 0 Å². The number of rotatable bonds is 4. The third-order valence-corrected chi connectivity index (χ3v) is 9.46. The molecule has 148 valence electrons. The zero-order valence-corrected chi connectivity index (χ0v) is 17.1. The van der Waals surface area contributed by atoms with E-state index in [2.05, 4.69) is 13.8 Å². The molecule has 0 aliphatic heterocycles. The summed E-state index contributed by atoms with van der Waals surface area (Å²) in [5.74, 6) is 3.32. The second-order valence-corrected chi connectivity index (χ2v) is 10.2. The number of aliphatic hydroxyl groups is 1. The lowest BCUT2D eigenvalue weighted by Crippen LogP contribution is -2.57. The Morgan fingerprint density at radius 2 is 1.88 bits per heavy atom. The van der Waals surface area contributed by atoms with Crippen LogP contribution in [0.4, 0.5) is 0 Å². The molecule has 4 fully saturated rings. The monoisotopic (exact) mass is 362 g/mol. The fourth-order valence-corrected chi connectivity index (χ4v) is 8.03. The molecule has 0 radical (unpaired) electrons. The molecule has 4 aliphatic rings. The maximum atomic E-state index is 12.6. The van der Waals surface area contributed by atoms with Crippen molar-refractivity contribution in [2.24, 2.45) is 34.5 Å². The fourth-order valence-electron chi connectivity index (χ4n) is 8.03. The number of fused-ring (bicyclic) bond motifs is 5. The van der Waals surface area contributed by atoms with Crippen molar-refractivity contribution in [1.82, 2.24) is 0 Å². The van der Waals surface area contributed by atoms with Crippen molar-refractivity contribution >= 4 is 5.78 Å². The standard InChI is InChI=1S/C23H38O3/c1-4-23-13-12-22(25,15-26-5-2)14-16(23)6-7-17-18-8-9-20(24)21(18,3)11-10-19(17)23/h16-19,25H,4-15H2,1-3H3/t16-,17+,18+,19+,21+,22-,23+/m1/s1. The zero-order valence-electron chi connectivity index (χ0n) is 17.1.